The number of nitrogens with two attached hydrogens (primary N) is 1. The second-order valence-corrected chi connectivity index (χ2v) is 5.98. The monoisotopic (exact) mass is 320 g/mol. The van der Waals surface area contributed by atoms with E-state index in [-0.39, 0.29) is 11.4 Å². The molecule has 2 aromatic rings. The molecule has 0 bridgehead atoms. The lowest BCUT2D eigenvalue weighted by atomic mass is 10.0. The molecule has 7 heteroatoms. The van der Waals surface area contributed by atoms with Gasteiger partial charge < -0.3 is 15.4 Å². The average Bonchev–Trinajstić information content (AvgIpc) is 2.53. The molecule has 2 N–H and O–H groups in total. The molecule has 23 heavy (non-hydrogen) atoms. The Morgan fingerprint density at radius 1 is 1.39 bits per heavy atom. The molecule has 1 aliphatic rings. The van der Waals surface area contributed by atoms with Crippen molar-refractivity contribution in [3.8, 4) is 0 Å². The van der Waals surface area contributed by atoms with Crippen LogP contribution >= 0.6 is 0 Å². The lowest BCUT2D eigenvalue weighted by molar-refractivity contribution is 0.121. The van der Waals surface area contributed by atoms with E-state index in [1.165, 1.54) is 4.57 Å². The molecule has 0 amide bonds. The second kappa shape index (κ2) is 5.90. The lowest BCUT2D eigenvalue weighted by Crippen LogP contribution is -2.40. The van der Waals surface area contributed by atoms with Crippen molar-refractivity contribution in [3.05, 3.63) is 33.4 Å². The van der Waals surface area contributed by atoms with Crippen LogP contribution in [0.5, 0.6) is 0 Å². The fraction of sp³-hybridized carbons (Fsp3) is 0.500. The molecule has 6 nitrogen and oxygen atoms in total. The van der Waals surface area contributed by atoms with Crippen molar-refractivity contribution < 1.29 is 9.13 Å². The van der Waals surface area contributed by atoms with E-state index in [0.29, 0.717) is 54.3 Å². The summed E-state index contributed by atoms with van der Waals surface area (Å²) in [6.45, 7) is 5.79. The fourth-order valence-electron chi connectivity index (χ4n) is 3.00. The first kappa shape index (κ1) is 15.9. The van der Waals surface area contributed by atoms with E-state index in [1.807, 2.05) is 4.90 Å². The third-order valence-corrected chi connectivity index (χ3v) is 4.25. The van der Waals surface area contributed by atoms with E-state index in [2.05, 4.69) is 4.98 Å². The van der Waals surface area contributed by atoms with Gasteiger partial charge in [0.25, 0.3) is 5.56 Å². The van der Waals surface area contributed by atoms with Crippen molar-refractivity contribution in [2.45, 2.75) is 19.9 Å². The number of benzene rings is 1. The third kappa shape index (κ3) is 2.60. The number of ether oxygens (including phenoxy) is 1. The molecule has 0 unspecified atom stereocenters. The molecule has 2 heterocycles. The molecule has 1 aromatic heterocycles. The van der Waals surface area contributed by atoms with E-state index >= 15 is 0 Å². The van der Waals surface area contributed by atoms with Crippen molar-refractivity contribution in [2.75, 3.05) is 31.2 Å². The van der Waals surface area contributed by atoms with Crippen LogP contribution < -0.4 is 16.2 Å². The van der Waals surface area contributed by atoms with Crippen LogP contribution in [0.25, 0.3) is 10.9 Å². The Labute approximate surface area is 133 Å². The minimum Gasteiger partial charge on any atom is -0.378 e. The minimum atomic E-state index is -0.547. The van der Waals surface area contributed by atoms with Gasteiger partial charge in [0.15, 0.2) is 0 Å². The standard InChI is InChI=1S/C16H21FN4O2/c1-9-8-11-14(12(10(2)18)13(9)17)19-16(20(3)15(11)22)21-4-6-23-7-5-21/h8,10H,4-7,18H2,1-3H3/t10-/m1/s1. The lowest BCUT2D eigenvalue weighted by Gasteiger charge is -2.29. The summed E-state index contributed by atoms with van der Waals surface area (Å²) in [5.41, 5.74) is 6.81. The van der Waals surface area contributed by atoms with Gasteiger partial charge in [-0.1, -0.05) is 0 Å². The predicted octanol–water partition coefficient (Wildman–Crippen LogP) is 1.24. The SMILES string of the molecule is Cc1cc2c(=O)n(C)c(N3CCOCC3)nc2c([C@@H](C)N)c1F. The zero-order valence-corrected chi connectivity index (χ0v) is 13.6. The molecule has 124 valence electrons. The highest BCUT2D eigenvalue weighted by Gasteiger charge is 2.22. The van der Waals surface area contributed by atoms with Gasteiger partial charge in [0.2, 0.25) is 5.95 Å². The summed E-state index contributed by atoms with van der Waals surface area (Å²) in [7, 11) is 1.68. The molecule has 0 saturated carbocycles. The Bertz CT molecular complexity index is 810. The molecule has 0 spiro atoms. The smallest absolute Gasteiger partial charge is 0.262 e. The topological polar surface area (TPSA) is 73.4 Å². The van der Waals surface area contributed by atoms with Crippen LogP contribution in [0, 0.1) is 12.7 Å². The maximum Gasteiger partial charge on any atom is 0.262 e. The number of aryl methyl sites for hydroxylation is 1. The van der Waals surface area contributed by atoms with Crippen LogP contribution in [0.4, 0.5) is 10.3 Å². The Hall–Kier alpha value is -1.99. The first-order valence-corrected chi connectivity index (χ1v) is 7.69. The van der Waals surface area contributed by atoms with Crippen molar-refractivity contribution in [1.29, 1.82) is 0 Å². The number of fused-ring (bicyclic) bond motifs is 1. The molecular formula is C16H21FN4O2. The van der Waals surface area contributed by atoms with Gasteiger partial charge >= 0.3 is 0 Å². The van der Waals surface area contributed by atoms with Crippen LogP contribution in [0.2, 0.25) is 0 Å². The molecule has 1 saturated heterocycles. The van der Waals surface area contributed by atoms with Crippen molar-refractivity contribution >= 4 is 16.9 Å². The van der Waals surface area contributed by atoms with Crippen LogP contribution in [0.3, 0.4) is 0 Å². The first-order chi connectivity index (χ1) is 10.9. The molecule has 1 aliphatic heterocycles. The largest absolute Gasteiger partial charge is 0.378 e. The second-order valence-electron chi connectivity index (χ2n) is 5.98. The van der Waals surface area contributed by atoms with Gasteiger partial charge in [-0.2, -0.15) is 0 Å². The van der Waals surface area contributed by atoms with Crippen molar-refractivity contribution in [1.82, 2.24) is 9.55 Å². The summed E-state index contributed by atoms with van der Waals surface area (Å²) >= 11 is 0. The number of aromatic nitrogens is 2. The number of hydrogen-bond donors (Lipinski definition) is 1. The van der Waals surface area contributed by atoms with Crippen LogP contribution in [-0.2, 0) is 11.8 Å². The molecule has 0 radical (unpaired) electrons. The van der Waals surface area contributed by atoms with Crippen molar-refractivity contribution in [3.63, 3.8) is 0 Å². The van der Waals surface area contributed by atoms with E-state index < -0.39 is 6.04 Å². The summed E-state index contributed by atoms with van der Waals surface area (Å²) in [5.74, 6) is 0.136. The quantitative estimate of drug-likeness (QED) is 0.901. The highest BCUT2D eigenvalue weighted by atomic mass is 19.1. The first-order valence-electron chi connectivity index (χ1n) is 7.69. The van der Waals surface area contributed by atoms with Crippen LogP contribution in [0.15, 0.2) is 10.9 Å². The predicted molar refractivity (Wildman–Crippen MR) is 87.3 cm³/mol. The van der Waals surface area contributed by atoms with Gasteiger partial charge in [0.1, 0.15) is 5.82 Å². The summed E-state index contributed by atoms with van der Waals surface area (Å²) in [6.07, 6.45) is 0. The van der Waals surface area contributed by atoms with Gasteiger partial charge in [0, 0.05) is 31.7 Å². The third-order valence-electron chi connectivity index (χ3n) is 4.25. The molecule has 1 atom stereocenters. The average molecular weight is 320 g/mol. The number of hydrogen-bond acceptors (Lipinski definition) is 5. The summed E-state index contributed by atoms with van der Waals surface area (Å²) in [4.78, 5) is 19.3. The maximum absolute atomic E-state index is 14.5. The zero-order chi connectivity index (χ0) is 16.7. The molecular weight excluding hydrogens is 299 g/mol. The van der Waals surface area contributed by atoms with Gasteiger partial charge in [-0.25, -0.2) is 9.37 Å². The van der Waals surface area contributed by atoms with Gasteiger partial charge in [-0.3, -0.25) is 9.36 Å². The molecule has 0 aliphatic carbocycles. The maximum atomic E-state index is 14.5. The minimum absolute atomic E-state index is 0.193. The van der Waals surface area contributed by atoms with E-state index in [9.17, 15) is 9.18 Å². The highest BCUT2D eigenvalue weighted by Crippen LogP contribution is 2.27. The number of nitrogens with zero attached hydrogens (tertiary/aromatic N) is 3. The van der Waals surface area contributed by atoms with Gasteiger partial charge in [-0.15, -0.1) is 0 Å². The molecule has 1 aromatic carbocycles. The van der Waals surface area contributed by atoms with E-state index in [4.69, 9.17) is 10.5 Å². The number of morpholine rings is 1. The van der Waals surface area contributed by atoms with Crippen LogP contribution in [-0.4, -0.2) is 35.9 Å². The number of halogens is 1. The zero-order valence-electron chi connectivity index (χ0n) is 13.6. The fourth-order valence-corrected chi connectivity index (χ4v) is 3.00. The van der Waals surface area contributed by atoms with E-state index in [0.717, 1.165) is 0 Å². The van der Waals surface area contributed by atoms with Crippen molar-refractivity contribution in [2.24, 2.45) is 12.8 Å². The highest BCUT2D eigenvalue weighted by molar-refractivity contribution is 5.83. The molecule has 3 rings (SSSR count). The van der Waals surface area contributed by atoms with E-state index in [1.54, 1.807) is 27.0 Å². The van der Waals surface area contributed by atoms with Crippen LogP contribution in [0.1, 0.15) is 24.1 Å². The summed E-state index contributed by atoms with van der Waals surface area (Å²) in [5, 5.41) is 0.399. The summed E-state index contributed by atoms with van der Waals surface area (Å²) in [6, 6.07) is 1.00. The Balaban J connectivity index is 2.32. The van der Waals surface area contributed by atoms with Gasteiger partial charge in [-0.05, 0) is 25.5 Å². The Morgan fingerprint density at radius 3 is 2.65 bits per heavy atom. The Kier molecular flexibility index (Phi) is 4.08. The number of rotatable bonds is 2. The number of anilines is 1. The van der Waals surface area contributed by atoms with Gasteiger partial charge in [0.05, 0.1) is 24.1 Å². The Morgan fingerprint density at radius 2 is 2.04 bits per heavy atom. The summed E-state index contributed by atoms with van der Waals surface area (Å²) < 4.78 is 21.4. The molecule has 1 fully saturated rings. The normalized spacial score (nSPS) is 16.8.